The quantitative estimate of drug-likeness (QED) is 0.558. The lowest BCUT2D eigenvalue weighted by Crippen LogP contribution is -2.22. The molecule has 4 rings (SSSR count). The van der Waals surface area contributed by atoms with Crippen molar-refractivity contribution in [1.82, 2.24) is 14.8 Å². The predicted molar refractivity (Wildman–Crippen MR) is 118 cm³/mol. The molecule has 7 nitrogen and oxygen atoms in total. The van der Waals surface area contributed by atoms with Crippen LogP contribution in [0.1, 0.15) is 38.4 Å². The molecule has 1 heterocycles. The van der Waals surface area contributed by atoms with Crippen molar-refractivity contribution in [3.63, 3.8) is 0 Å². The van der Waals surface area contributed by atoms with E-state index in [0.29, 0.717) is 22.4 Å². The van der Waals surface area contributed by atoms with Gasteiger partial charge in [-0.05, 0) is 56.2 Å². The van der Waals surface area contributed by atoms with Crippen LogP contribution >= 0.6 is 11.8 Å². The standard InChI is InChI=1S/C22H23N5O2S/c1-14(21(29)24-18-12-10-17(11-13-18)23-15(2)28)30-22-25-20(16-8-9-16)27(26-22)19-6-4-3-5-7-19/h3-7,10-14,16H,8-9H2,1-2H3,(H,23,28)(H,24,29). The van der Waals surface area contributed by atoms with Gasteiger partial charge in [0.1, 0.15) is 5.82 Å². The molecule has 1 saturated carbocycles. The van der Waals surface area contributed by atoms with Gasteiger partial charge in [-0.25, -0.2) is 9.67 Å². The highest BCUT2D eigenvalue weighted by atomic mass is 32.2. The average Bonchev–Trinajstić information content (AvgIpc) is 3.50. The molecule has 2 N–H and O–H groups in total. The number of amides is 2. The molecule has 0 bridgehead atoms. The molecule has 0 spiro atoms. The van der Waals surface area contributed by atoms with E-state index in [9.17, 15) is 9.59 Å². The summed E-state index contributed by atoms with van der Waals surface area (Å²) in [5.74, 6) is 1.14. The van der Waals surface area contributed by atoms with Crippen molar-refractivity contribution in [2.75, 3.05) is 10.6 Å². The zero-order valence-electron chi connectivity index (χ0n) is 16.8. The molecule has 2 aromatic carbocycles. The Morgan fingerprint density at radius 1 is 1.03 bits per heavy atom. The third-order valence-electron chi connectivity index (χ3n) is 4.68. The second-order valence-corrected chi connectivity index (χ2v) is 8.59. The van der Waals surface area contributed by atoms with E-state index < -0.39 is 0 Å². The molecule has 154 valence electrons. The summed E-state index contributed by atoms with van der Waals surface area (Å²) in [4.78, 5) is 28.4. The van der Waals surface area contributed by atoms with E-state index in [-0.39, 0.29) is 17.1 Å². The van der Waals surface area contributed by atoms with Gasteiger partial charge < -0.3 is 10.6 Å². The third kappa shape index (κ3) is 4.88. The first-order valence-electron chi connectivity index (χ1n) is 9.87. The number of hydrogen-bond acceptors (Lipinski definition) is 5. The monoisotopic (exact) mass is 421 g/mol. The lowest BCUT2D eigenvalue weighted by atomic mass is 10.2. The van der Waals surface area contributed by atoms with Crippen LogP contribution in [0.15, 0.2) is 59.8 Å². The van der Waals surface area contributed by atoms with Crippen molar-refractivity contribution in [2.24, 2.45) is 0 Å². The van der Waals surface area contributed by atoms with Gasteiger partial charge in [0.05, 0.1) is 10.9 Å². The van der Waals surface area contributed by atoms with Crippen LogP contribution in [0.2, 0.25) is 0 Å². The molecule has 3 aromatic rings. The van der Waals surface area contributed by atoms with Crippen LogP contribution in [0.4, 0.5) is 11.4 Å². The van der Waals surface area contributed by atoms with E-state index in [4.69, 9.17) is 4.98 Å². The molecule has 8 heteroatoms. The van der Waals surface area contributed by atoms with Crippen LogP contribution in [0.3, 0.4) is 0 Å². The van der Waals surface area contributed by atoms with Crippen LogP contribution in [-0.4, -0.2) is 31.8 Å². The number of para-hydroxylation sites is 1. The van der Waals surface area contributed by atoms with E-state index in [1.165, 1.54) is 18.7 Å². The van der Waals surface area contributed by atoms with E-state index in [0.717, 1.165) is 24.4 Å². The molecular weight excluding hydrogens is 398 g/mol. The Bertz CT molecular complexity index is 1050. The molecule has 0 radical (unpaired) electrons. The Labute approximate surface area is 179 Å². The smallest absolute Gasteiger partial charge is 0.237 e. The highest BCUT2D eigenvalue weighted by Crippen LogP contribution is 2.40. The zero-order chi connectivity index (χ0) is 21.1. The molecule has 1 aliphatic rings. The topological polar surface area (TPSA) is 88.9 Å². The van der Waals surface area contributed by atoms with Crippen molar-refractivity contribution in [1.29, 1.82) is 0 Å². The first-order valence-corrected chi connectivity index (χ1v) is 10.7. The van der Waals surface area contributed by atoms with Gasteiger partial charge in [-0.1, -0.05) is 30.0 Å². The zero-order valence-corrected chi connectivity index (χ0v) is 17.6. The second-order valence-electron chi connectivity index (χ2n) is 7.28. The highest BCUT2D eigenvalue weighted by Gasteiger charge is 2.31. The van der Waals surface area contributed by atoms with Gasteiger partial charge in [-0.3, -0.25) is 9.59 Å². The number of benzene rings is 2. The summed E-state index contributed by atoms with van der Waals surface area (Å²) in [6.07, 6.45) is 2.25. The maximum atomic E-state index is 12.6. The molecule has 0 saturated heterocycles. The Balaban J connectivity index is 1.42. The largest absolute Gasteiger partial charge is 0.326 e. The van der Waals surface area contributed by atoms with Gasteiger partial charge in [-0.2, -0.15) is 0 Å². The van der Waals surface area contributed by atoms with Crippen LogP contribution < -0.4 is 10.6 Å². The van der Waals surface area contributed by atoms with Gasteiger partial charge in [-0.15, -0.1) is 5.10 Å². The van der Waals surface area contributed by atoms with Crippen LogP contribution in [0, 0.1) is 0 Å². The van der Waals surface area contributed by atoms with Crippen molar-refractivity contribution >= 4 is 35.0 Å². The summed E-state index contributed by atoms with van der Waals surface area (Å²) < 4.78 is 1.89. The summed E-state index contributed by atoms with van der Waals surface area (Å²) in [6, 6.07) is 17.0. The molecule has 0 aliphatic heterocycles. The normalized spacial score (nSPS) is 14.2. The lowest BCUT2D eigenvalue weighted by Gasteiger charge is -2.11. The van der Waals surface area contributed by atoms with Crippen LogP contribution in [-0.2, 0) is 9.59 Å². The molecule has 1 fully saturated rings. The fourth-order valence-electron chi connectivity index (χ4n) is 3.02. The van der Waals surface area contributed by atoms with Gasteiger partial charge >= 0.3 is 0 Å². The molecule has 1 atom stereocenters. The van der Waals surface area contributed by atoms with Gasteiger partial charge in [0, 0.05) is 24.2 Å². The van der Waals surface area contributed by atoms with E-state index in [1.807, 2.05) is 41.9 Å². The van der Waals surface area contributed by atoms with E-state index >= 15 is 0 Å². The predicted octanol–water partition coefficient (Wildman–Crippen LogP) is 4.22. The first-order chi connectivity index (χ1) is 14.5. The summed E-state index contributed by atoms with van der Waals surface area (Å²) in [5.41, 5.74) is 2.34. The maximum absolute atomic E-state index is 12.6. The number of nitrogens with one attached hydrogen (secondary N) is 2. The van der Waals surface area contributed by atoms with Crippen molar-refractivity contribution in [3.8, 4) is 5.69 Å². The van der Waals surface area contributed by atoms with E-state index in [1.54, 1.807) is 24.3 Å². The fourth-order valence-corrected chi connectivity index (χ4v) is 3.77. The number of carbonyl (C=O) groups excluding carboxylic acids is 2. The molecule has 30 heavy (non-hydrogen) atoms. The summed E-state index contributed by atoms with van der Waals surface area (Å²) in [6.45, 7) is 3.29. The second kappa shape index (κ2) is 8.71. The van der Waals surface area contributed by atoms with Crippen LogP contribution in [0.5, 0.6) is 0 Å². The minimum atomic E-state index is -0.362. The summed E-state index contributed by atoms with van der Waals surface area (Å²) in [7, 11) is 0. The Kier molecular flexibility index (Phi) is 5.85. The number of anilines is 2. The van der Waals surface area contributed by atoms with Crippen molar-refractivity contribution in [3.05, 3.63) is 60.4 Å². The first kappa shape index (κ1) is 20.2. The van der Waals surface area contributed by atoms with Gasteiger partial charge in [0.15, 0.2) is 0 Å². The summed E-state index contributed by atoms with van der Waals surface area (Å²) >= 11 is 1.35. The number of rotatable bonds is 7. The average molecular weight is 422 g/mol. The number of thioether (sulfide) groups is 1. The fraction of sp³-hybridized carbons (Fsp3) is 0.273. The molecular formula is C22H23N5O2S. The molecule has 2 amide bonds. The SMILES string of the molecule is CC(=O)Nc1ccc(NC(=O)C(C)Sc2nc(C3CC3)n(-c3ccccc3)n2)cc1. The number of nitrogens with zero attached hydrogens (tertiary/aromatic N) is 3. The number of carbonyl (C=O) groups is 2. The minimum absolute atomic E-state index is 0.128. The molecule has 1 unspecified atom stereocenters. The Hall–Kier alpha value is -3.13. The third-order valence-corrected chi connectivity index (χ3v) is 5.63. The number of hydrogen-bond donors (Lipinski definition) is 2. The Morgan fingerprint density at radius 2 is 1.67 bits per heavy atom. The molecule has 1 aliphatic carbocycles. The van der Waals surface area contributed by atoms with Crippen molar-refractivity contribution < 1.29 is 9.59 Å². The van der Waals surface area contributed by atoms with Gasteiger partial charge in [0.25, 0.3) is 0 Å². The van der Waals surface area contributed by atoms with Crippen molar-refractivity contribution in [2.45, 2.75) is 43.0 Å². The van der Waals surface area contributed by atoms with E-state index in [2.05, 4.69) is 15.7 Å². The summed E-state index contributed by atoms with van der Waals surface area (Å²) in [5, 5.41) is 10.5. The Morgan fingerprint density at radius 3 is 2.27 bits per heavy atom. The number of aromatic nitrogens is 3. The highest BCUT2D eigenvalue weighted by molar-refractivity contribution is 8.00. The minimum Gasteiger partial charge on any atom is -0.326 e. The molecule has 1 aromatic heterocycles. The van der Waals surface area contributed by atoms with Crippen LogP contribution in [0.25, 0.3) is 5.69 Å². The van der Waals surface area contributed by atoms with Gasteiger partial charge in [0.2, 0.25) is 17.0 Å². The lowest BCUT2D eigenvalue weighted by molar-refractivity contribution is -0.115. The maximum Gasteiger partial charge on any atom is 0.237 e.